The number of hydrogen-bond acceptors (Lipinski definition) is 6. The van der Waals surface area contributed by atoms with Crippen LogP contribution in [-0.4, -0.2) is 29.3 Å². The zero-order valence-electron chi connectivity index (χ0n) is 13.9. The molecule has 1 aromatic heterocycles. The highest BCUT2D eigenvalue weighted by atomic mass is 32.1. The Hall–Kier alpha value is -1.63. The van der Waals surface area contributed by atoms with Gasteiger partial charge in [0.15, 0.2) is 0 Å². The van der Waals surface area contributed by atoms with E-state index in [1.165, 1.54) is 6.42 Å². The van der Waals surface area contributed by atoms with Gasteiger partial charge in [0.1, 0.15) is 23.1 Å². The first-order chi connectivity index (χ1) is 11.7. The van der Waals surface area contributed by atoms with E-state index in [0.717, 1.165) is 41.5 Å². The summed E-state index contributed by atoms with van der Waals surface area (Å²) in [5.74, 6) is 1.62. The second kappa shape index (κ2) is 8.46. The van der Waals surface area contributed by atoms with Crippen molar-refractivity contribution in [1.29, 1.82) is 0 Å². The van der Waals surface area contributed by atoms with Gasteiger partial charge in [0.05, 0.1) is 18.9 Å². The highest BCUT2D eigenvalue weighted by Gasteiger charge is 2.22. The third kappa shape index (κ3) is 4.69. The van der Waals surface area contributed by atoms with E-state index in [4.69, 9.17) is 9.47 Å². The van der Waals surface area contributed by atoms with E-state index in [1.54, 1.807) is 18.4 Å². The maximum absolute atomic E-state index is 9.99. The largest absolute Gasteiger partial charge is 0.497 e. The molecule has 0 bridgehead atoms. The molecule has 1 aliphatic carbocycles. The van der Waals surface area contributed by atoms with Gasteiger partial charge in [-0.15, -0.1) is 11.3 Å². The Kier molecular flexibility index (Phi) is 6.07. The number of aliphatic hydroxyl groups is 1. The average Bonchev–Trinajstić information content (AvgIpc) is 3.08. The minimum atomic E-state index is -0.227. The van der Waals surface area contributed by atoms with Gasteiger partial charge in [0.25, 0.3) is 0 Å². The normalized spacial score (nSPS) is 20.8. The van der Waals surface area contributed by atoms with Crippen LogP contribution < -0.4 is 14.8 Å². The molecular formula is C18H24N2O3S. The predicted octanol–water partition coefficient (Wildman–Crippen LogP) is 3.12. The molecule has 1 aliphatic rings. The first kappa shape index (κ1) is 17.2. The monoisotopic (exact) mass is 348 g/mol. The van der Waals surface area contributed by atoms with Crippen LogP contribution in [0.4, 0.5) is 0 Å². The third-order valence-electron chi connectivity index (χ3n) is 4.30. The van der Waals surface area contributed by atoms with Crippen LogP contribution in [0.15, 0.2) is 29.6 Å². The highest BCUT2D eigenvalue weighted by Crippen LogP contribution is 2.21. The molecule has 1 saturated carbocycles. The molecule has 2 N–H and O–H groups in total. The van der Waals surface area contributed by atoms with Gasteiger partial charge in [-0.1, -0.05) is 12.8 Å². The summed E-state index contributed by atoms with van der Waals surface area (Å²) in [6.07, 6.45) is 4.03. The Labute approximate surface area is 146 Å². The topological polar surface area (TPSA) is 63.6 Å². The summed E-state index contributed by atoms with van der Waals surface area (Å²) in [5, 5.41) is 16.4. The van der Waals surface area contributed by atoms with Crippen LogP contribution in [0.5, 0.6) is 11.5 Å². The number of thiazole rings is 1. The lowest BCUT2D eigenvalue weighted by molar-refractivity contribution is 0.0901. The summed E-state index contributed by atoms with van der Waals surface area (Å²) in [6, 6.07) is 7.72. The number of ether oxygens (including phenoxy) is 2. The molecule has 1 heterocycles. The van der Waals surface area contributed by atoms with Gasteiger partial charge in [-0.05, 0) is 37.1 Å². The molecule has 0 radical (unpaired) electrons. The molecule has 1 fully saturated rings. The Bertz CT molecular complexity index is 629. The highest BCUT2D eigenvalue weighted by molar-refractivity contribution is 7.09. The van der Waals surface area contributed by atoms with E-state index in [-0.39, 0.29) is 12.1 Å². The molecular weight excluding hydrogens is 324 g/mol. The maximum Gasteiger partial charge on any atom is 0.140 e. The maximum atomic E-state index is 9.99. The van der Waals surface area contributed by atoms with Crippen molar-refractivity contribution >= 4 is 11.3 Å². The standard InChI is InChI=1S/C18H24N2O3S/c1-22-14-6-8-15(9-7-14)23-11-18-20-13(12-24-18)10-19-16-4-2-3-5-17(16)21/h6-9,12,16-17,19,21H,2-5,10-11H2,1H3. The van der Waals surface area contributed by atoms with Crippen LogP contribution in [-0.2, 0) is 13.2 Å². The average molecular weight is 348 g/mol. The van der Waals surface area contributed by atoms with Crippen molar-refractivity contribution in [2.45, 2.75) is 51.0 Å². The number of methoxy groups -OCH3 is 1. The number of aliphatic hydroxyl groups excluding tert-OH is 1. The van der Waals surface area contributed by atoms with E-state index in [1.807, 2.05) is 24.3 Å². The van der Waals surface area contributed by atoms with Crippen LogP contribution in [0, 0.1) is 0 Å². The van der Waals surface area contributed by atoms with Gasteiger partial charge in [-0.2, -0.15) is 0 Å². The van der Waals surface area contributed by atoms with Gasteiger partial charge < -0.3 is 19.9 Å². The van der Waals surface area contributed by atoms with E-state index in [2.05, 4.69) is 15.7 Å². The minimum Gasteiger partial charge on any atom is -0.497 e. The van der Waals surface area contributed by atoms with Crippen LogP contribution in [0.25, 0.3) is 0 Å². The summed E-state index contributed by atoms with van der Waals surface area (Å²) < 4.78 is 10.9. The van der Waals surface area contributed by atoms with Gasteiger partial charge in [-0.25, -0.2) is 4.98 Å². The van der Waals surface area contributed by atoms with E-state index in [0.29, 0.717) is 13.2 Å². The molecule has 5 nitrogen and oxygen atoms in total. The molecule has 0 amide bonds. The second-order valence-corrected chi connectivity index (χ2v) is 6.98. The molecule has 2 aromatic rings. The summed E-state index contributed by atoms with van der Waals surface area (Å²) in [6.45, 7) is 1.16. The van der Waals surface area contributed by atoms with Crippen molar-refractivity contribution in [3.63, 3.8) is 0 Å². The van der Waals surface area contributed by atoms with Crippen LogP contribution >= 0.6 is 11.3 Å². The predicted molar refractivity (Wildman–Crippen MR) is 94.5 cm³/mol. The Morgan fingerprint density at radius 3 is 2.71 bits per heavy atom. The van der Waals surface area contributed by atoms with Crippen molar-refractivity contribution in [3.8, 4) is 11.5 Å². The lowest BCUT2D eigenvalue weighted by Gasteiger charge is -2.28. The lowest BCUT2D eigenvalue weighted by atomic mass is 9.92. The number of nitrogens with one attached hydrogen (secondary N) is 1. The zero-order valence-corrected chi connectivity index (χ0v) is 14.7. The van der Waals surface area contributed by atoms with Gasteiger partial charge in [0.2, 0.25) is 0 Å². The molecule has 1 aromatic carbocycles. The zero-order chi connectivity index (χ0) is 16.8. The number of nitrogens with zero attached hydrogens (tertiary/aromatic N) is 1. The van der Waals surface area contributed by atoms with Crippen LogP contribution in [0.3, 0.4) is 0 Å². The molecule has 0 saturated heterocycles. The number of aromatic nitrogens is 1. The summed E-state index contributed by atoms with van der Waals surface area (Å²) in [7, 11) is 1.65. The minimum absolute atomic E-state index is 0.194. The molecule has 2 unspecified atom stereocenters. The molecule has 24 heavy (non-hydrogen) atoms. The lowest BCUT2D eigenvalue weighted by Crippen LogP contribution is -2.41. The van der Waals surface area contributed by atoms with Gasteiger partial charge >= 0.3 is 0 Å². The number of hydrogen-bond donors (Lipinski definition) is 2. The second-order valence-electron chi connectivity index (χ2n) is 6.04. The molecule has 2 atom stereocenters. The summed E-state index contributed by atoms with van der Waals surface area (Å²) in [4.78, 5) is 4.59. The van der Waals surface area contributed by atoms with E-state index in [9.17, 15) is 5.11 Å². The fraction of sp³-hybridized carbons (Fsp3) is 0.500. The fourth-order valence-corrected chi connectivity index (χ4v) is 3.60. The van der Waals surface area contributed by atoms with Crippen molar-refractivity contribution in [2.75, 3.05) is 7.11 Å². The van der Waals surface area contributed by atoms with Crippen molar-refractivity contribution < 1.29 is 14.6 Å². The van der Waals surface area contributed by atoms with E-state index < -0.39 is 0 Å². The molecule has 0 aliphatic heterocycles. The number of benzene rings is 1. The first-order valence-electron chi connectivity index (χ1n) is 8.36. The quantitative estimate of drug-likeness (QED) is 0.805. The molecule has 3 rings (SSSR count). The smallest absolute Gasteiger partial charge is 0.140 e. The molecule has 0 spiro atoms. The van der Waals surface area contributed by atoms with Crippen LogP contribution in [0.2, 0.25) is 0 Å². The molecule has 6 heteroatoms. The summed E-state index contributed by atoms with van der Waals surface area (Å²) in [5.41, 5.74) is 1.01. The fourth-order valence-electron chi connectivity index (χ4n) is 2.90. The van der Waals surface area contributed by atoms with Gasteiger partial charge in [-0.3, -0.25) is 0 Å². The Morgan fingerprint density at radius 2 is 1.96 bits per heavy atom. The van der Waals surface area contributed by atoms with Crippen molar-refractivity contribution in [3.05, 3.63) is 40.3 Å². The van der Waals surface area contributed by atoms with E-state index >= 15 is 0 Å². The molecule has 130 valence electrons. The summed E-state index contributed by atoms with van der Waals surface area (Å²) >= 11 is 1.60. The van der Waals surface area contributed by atoms with Gasteiger partial charge in [0, 0.05) is 18.0 Å². The van der Waals surface area contributed by atoms with Crippen LogP contribution in [0.1, 0.15) is 36.4 Å². The van der Waals surface area contributed by atoms with Crippen molar-refractivity contribution in [1.82, 2.24) is 10.3 Å². The van der Waals surface area contributed by atoms with Crippen molar-refractivity contribution in [2.24, 2.45) is 0 Å². The third-order valence-corrected chi connectivity index (χ3v) is 5.17. The Morgan fingerprint density at radius 1 is 1.21 bits per heavy atom. The number of rotatable bonds is 7. The SMILES string of the molecule is COc1ccc(OCc2nc(CNC3CCCCC3O)cs2)cc1. The first-order valence-corrected chi connectivity index (χ1v) is 9.24. The Balaban J connectivity index is 1.46.